The number of aryl methyl sites for hydroxylation is 1. The minimum Gasteiger partial charge on any atom is -0.480 e. The Morgan fingerprint density at radius 3 is 2.62 bits per heavy atom. The summed E-state index contributed by atoms with van der Waals surface area (Å²) in [5.41, 5.74) is 1.35. The van der Waals surface area contributed by atoms with Crippen molar-refractivity contribution in [2.75, 3.05) is 37.1 Å². The monoisotopic (exact) mass is 682 g/mol. The first-order chi connectivity index (χ1) is 24.2. The number of alkyl carbamates (subject to hydrolysis) is 1. The highest BCUT2D eigenvalue weighted by Crippen LogP contribution is 2.49. The molecule has 2 aliphatic carbocycles. The van der Waals surface area contributed by atoms with Gasteiger partial charge in [0.15, 0.2) is 18.2 Å². The average Bonchev–Trinajstić information content (AvgIpc) is 3.92. The van der Waals surface area contributed by atoms with Crippen molar-refractivity contribution in [3.8, 4) is 11.6 Å². The standard InChI is InChI=1S/C37H39FN6O6/c1-44(29-9-8-28-33(40-29)41-30(45)21-47-28)36-15-17-37(18-16-36,50-23-36)12-11-25-26(38)19-39-27-7-10-31(42-32(25)27)49-22-35(13-14-35)43-34(46)48-20-24-5-3-2-4-6-24/h2-10,19H,11-18,20-23H2,1H3,(H,43,46)(H,40,41,45). The first-order valence-corrected chi connectivity index (χ1v) is 17.1. The molecule has 6 heterocycles. The maximum Gasteiger partial charge on any atom is 0.408 e. The number of hydrogen-bond donors (Lipinski definition) is 2. The van der Waals surface area contributed by atoms with E-state index in [4.69, 9.17) is 18.9 Å². The first kappa shape index (κ1) is 32.2. The number of pyridine rings is 3. The fourth-order valence-corrected chi connectivity index (χ4v) is 7.28. The third kappa shape index (κ3) is 6.37. The van der Waals surface area contributed by atoms with Crippen molar-refractivity contribution in [1.82, 2.24) is 20.3 Å². The number of anilines is 2. The number of ether oxygens (including phenoxy) is 4. The molecule has 2 amide bonds. The van der Waals surface area contributed by atoms with Gasteiger partial charge >= 0.3 is 6.09 Å². The average molecular weight is 683 g/mol. The lowest BCUT2D eigenvalue weighted by Gasteiger charge is -2.56. The maximum absolute atomic E-state index is 15.4. The molecule has 260 valence electrons. The van der Waals surface area contributed by atoms with Crippen molar-refractivity contribution in [3.05, 3.63) is 77.7 Å². The van der Waals surface area contributed by atoms with Crippen molar-refractivity contribution in [3.63, 3.8) is 0 Å². The summed E-state index contributed by atoms with van der Waals surface area (Å²) in [6, 6.07) is 16.8. The van der Waals surface area contributed by atoms with Gasteiger partial charge in [-0.1, -0.05) is 30.3 Å². The number of rotatable bonds is 11. The van der Waals surface area contributed by atoms with E-state index in [2.05, 4.69) is 30.5 Å². The van der Waals surface area contributed by atoms with E-state index in [-0.39, 0.29) is 36.9 Å². The van der Waals surface area contributed by atoms with Gasteiger partial charge in [-0.2, -0.15) is 0 Å². The highest BCUT2D eigenvalue weighted by atomic mass is 19.1. The lowest BCUT2D eigenvalue weighted by molar-refractivity contribution is -0.156. The summed E-state index contributed by atoms with van der Waals surface area (Å²) in [5, 5.41) is 5.73. The number of nitrogens with zero attached hydrogens (tertiary/aromatic N) is 4. The van der Waals surface area contributed by atoms with Crippen molar-refractivity contribution < 1.29 is 32.9 Å². The van der Waals surface area contributed by atoms with Gasteiger partial charge in [0.2, 0.25) is 5.88 Å². The summed E-state index contributed by atoms with van der Waals surface area (Å²) < 4.78 is 38.9. The van der Waals surface area contributed by atoms with Gasteiger partial charge in [-0.15, -0.1) is 0 Å². The highest BCUT2D eigenvalue weighted by Gasteiger charge is 2.52. The van der Waals surface area contributed by atoms with Crippen molar-refractivity contribution in [2.24, 2.45) is 0 Å². The second-order valence-electron chi connectivity index (χ2n) is 14.0. The Bertz CT molecular complexity index is 1910. The third-order valence-electron chi connectivity index (χ3n) is 10.8. The topological polar surface area (TPSA) is 137 Å². The second kappa shape index (κ2) is 12.7. The van der Waals surface area contributed by atoms with Crippen LogP contribution in [0.3, 0.4) is 0 Å². The Morgan fingerprint density at radius 2 is 1.86 bits per heavy atom. The fourth-order valence-electron chi connectivity index (χ4n) is 7.28. The summed E-state index contributed by atoms with van der Waals surface area (Å²) in [6.07, 6.45) is 6.83. The second-order valence-corrected chi connectivity index (χ2v) is 14.0. The molecule has 0 unspecified atom stereocenters. The van der Waals surface area contributed by atoms with Crippen LogP contribution < -0.4 is 25.0 Å². The van der Waals surface area contributed by atoms with Crippen LogP contribution in [0.1, 0.15) is 56.1 Å². The number of likely N-dealkylation sites (N-methyl/N-ethyl adjacent to an activating group) is 1. The van der Waals surface area contributed by atoms with Crippen LogP contribution in [0, 0.1) is 5.82 Å². The van der Waals surface area contributed by atoms with Crippen LogP contribution in [0.4, 0.5) is 20.8 Å². The zero-order chi connectivity index (χ0) is 34.3. The molecule has 4 aromatic rings. The van der Waals surface area contributed by atoms with E-state index in [1.165, 1.54) is 6.20 Å². The predicted octanol–water partition coefficient (Wildman–Crippen LogP) is 5.48. The third-order valence-corrected chi connectivity index (χ3v) is 10.8. The minimum absolute atomic E-state index is 0.0121. The molecule has 3 aromatic heterocycles. The molecule has 3 aliphatic heterocycles. The van der Waals surface area contributed by atoms with E-state index in [1.807, 2.05) is 49.5 Å². The zero-order valence-electron chi connectivity index (χ0n) is 27.9. The molecular formula is C37H39FN6O6. The van der Waals surface area contributed by atoms with Gasteiger partial charge in [0, 0.05) is 18.7 Å². The Hall–Kier alpha value is -5.04. The molecule has 2 bridgehead atoms. The zero-order valence-corrected chi connectivity index (χ0v) is 27.9. The molecule has 9 rings (SSSR count). The van der Waals surface area contributed by atoms with E-state index in [1.54, 1.807) is 12.1 Å². The van der Waals surface area contributed by atoms with E-state index < -0.39 is 17.4 Å². The lowest BCUT2D eigenvalue weighted by Crippen LogP contribution is -2.62. The normalized spacial score (nSPS) is 23.0. The van der Waals surface area contributed by atoms with Gasteiger partial charge in [0.1, 0.15) is 24.8 Å². The van der Waals surface area contributed by atoms with Gasteiger partial charge in [-0.25, -0.2) is 19.2 Å². The number of benzene rings is 1. The fraction of sp³-hybridized carbons (Fsp3) is 0.432. The van der Waals surface area contributed by atoms with Crippen LogP contribution in [0.25, 0.3) is 11.0 Å². The molecule has 13 heteroatoms. The van der Waals surface area contributed by atoms with E-state index >= 15 is 4.39 Å². The predicted molar refractivity (Wildman–Crippen MR) is 182 cm³/mol. The molecule has 5 aliphatic rings. The highest BCUT2D eigenvalue weighted by molar-refractivity contribution is 5.94. The summed E-state index contributed by atoms with van der Waals surface area (Å²) >= 11 is 0. The molecule has 1 aromatic carbocycles. The number of carbonyl (C=O) groups is 2. The van der Waals surface area contributed by atoms with Crippen LogP contribution >= 0.6 is 0 Å². The van der Waals surface area contributed by atoms with Crippen molar-refractivity contribution in [1.29, 1.82) is 0 Å². The number of hydrogen-bond acceptors (Lipinski definition) is 10. The van der Waals surface area contributed by atoms with Gasteiger partial charge in [-0.05, 0) is 75.1 Å². The lowest BCUT2D eigenvalue weighted by atomic mass is 9.68. The summed E-state index contributed by atoms with van der Waals surface area (Å²) in [7, 11) is 2.02. The smallest absolute Gasteiger partial charge is 0.408 e. The number of carbonyl (C=O) groups excluding carboxylic acids is 2. The molecule has 0 radical (unpaired) electrons. The molecule has 4 fully saturated rings. The number of aromatic nitrogens is 3. The number of fused-ring (bicyclic) bond motifs is 5. The Balaban J connectivity index is 0.895. The minimum atomic E-state index is -0.518. The van der Waals surface area contributed by atoms with Gasteiger partial charge < -0.3 is 34.5 Å². The van der Waals surface area contributed by atoms with Crippen LogP contribution in [-0.2, 0) is 27.3 Å². The summed E-state index contributed by atoms with van der Waals surface area (Å²) in [6.45, 7) is 0.922. The van der Waals surface area contributed by atoms with Gasteiger partial charge in [0.25, 0.3) is 5.91 Å². The van der Waals surface area contributed by atoms with Crippen LogP contribution in [0.15, 0.2) is 60.8 Å². The summed E-state index contributed by atoms with van der Waals surface area (Å²) in [5.74, 6) is 1.45. The molecule has 0 spiro atoms. The maximum atomic E-state index is 15.4. The Morgan fingerprint density at radius 1 is 1.04 bits per heavy atom. The molecule has 2 saturated carbocycles. The Kier molecular flexibility index (Phi) is 8.17. The molecular weight excluding hydrogens is 643 g/mol. The van der Waals surface area contributed by atoms with E-state index in [0.717, 1.165) is 49.9 Å². The van der Waals surface area contributed by atoms with Crippen LogP contribution in [-0.4, -0.2) is 70.5 Å². The number of amides is 2. The first-order valence-electron chi connectivity index (χ1n) is 17.1. The molecule has 0 atom stereocenters. The van der Waals surface area contributed by atoms with Gasteiger partial charge in [0.05, 0.1) is 40.5 Å². The number of nitrogens with one attached hydrogen (secondary N) is 2. The molecule has 50 heavy (non-hydrogen) atoms. The SMILES string of the molecule is CN(c1ccc2c(n1)NC(=O)CO2)C12CCC(CCc3c(F)cnc4ccc(OCC5(NC(=O)OCc6ccccc6)CC5)nc34)(CC1)OC2. The van der Waals surface area contributed by atoms with Crippen LogP contribution in [0.2, 0.25) is 0 Å². The number of halogens is 1. The van der Waals surface area contributed by atoms with Crippen molar-refractivity contribution >= 4 is 34.7 Å². The van der Waals surface area contributed by atoms with E-state index in [0.29, 0.717) is 53.5 Å². The van der Waals surface area contributed by atoms with Crippen molar-refractivity contribution in [2.45, 2.75) is 74.7 Å². The molecule has 2 N–H and O–H groups in total. The summed E-state index contributed by atoms with van der Waals surface area (Å²) in [4.78, 5) is 40.1. The molecule has 12 nitrogen and oxygen atoms in total. The Labute approximate surface area is 288 Å². The van der Waals surface area contributed by atoms with Gasteiger partial charge in [-0.3, -0.25) is 9.78 Å². The van der Waals surface area contributed by atoms with Crippen LogP contribution in [0.5, 0.6) is 11.6 Å². The van der Waals surface area contributed by atoms with E-state index in [9.17, 15) is 9.59 Å². The quantitative estimate of drug-likeness (QED) is 0.209. The largest absolute Gasteiger partial charge is 0.480 e. The molecule has 2 saturated heterocycles.